The van der Waals surface area contributed by atoms with E-state index in [0.717, 1.165) is 6.54 Å². The zero-order valence-electron chi connectivity index (χ0n) is 8.73. The standard InChI is InChI=1S/C10H21N/c1-7-9(2)8-11(6)10(3,4)5/h7H,8H2,1-6H3/b9-7+. The van der Waals surface area contributed by atoms with Crippen LogP contribution in [0.1, 0.15) is 34.6 Å². The van der Waals surface area contributed by atoms with E-state index in [1.54, 1.807) is 0 Å². The average molecular weight is 155 g/mol. The van der Waals surface area contributed by atoms with Gasteiger partial charge in [0.25, 0.3) is 0 Å². The van der Waals surface area contributed by atoms with Crippen molar-refractivity contribution in [3.05, 3.63) is 11.6 Å². The van der Waals surface area contributed by atoms with Gasteiger partial charge in [-0.05, 0) is 41.7 Å². The third kappa shape index (κ3) is 4.20. The van der Waals surface area contributed by atoms with Crippen LogP contribution in [0.15, 0.2) is 11.6 Å². The number of hydrogen-bond acceptors (Lipinski definition) is 1. The summed E-state index contributed by atoms with van der Waals surface area (Å²) < 4.78 is 0. The zero-order valence-corrected chi connectivity index (χ0v) is 8.73. The van der Waals surface area contributed by atoms with Crippen molar-refractivity contribution in [3.8, 4) is 0 Å². The Kier molecular flexibility index (Phi) is 3.81. The van der Waals surface area contributed by atoms with Crippen LogP contribution in [0.4, 0.5) is 0 Å². The molecule has 0 saturated heterocycles. The van der Waals surface area contributed by atoms with E-state index in [0.29, 0.717) is 0 Å². The molecule has 1 heteroatoms. The third-order valence-electron chi connectivity index (χ3n) is 2.12. The maximum Gasteiger partial charge on any atom is 0.0192 e. The molecule has 11 heavy (non-hydrogen) atoms. The Labute approximate surface area is 71.1 Å². The molecule has 0 aliphatic heterocycles. The second-order valence-electron chi connectivity index (χ2n) is 4.16. The highest BCUT2D eigenvalue weighted by Gasteiger charge is 2.15. The summed E-state index contributed by atoms with van der Waals surface area (Å²) in [6.07, 6.45) is 2.17. The van der Waals surface area contributed by atoms with Crippen LogP contribution in [-0.2, 0) is 0 Å². The lowest BCUT2D eigenvalue weighted by Gasteiger charge is -2.32. The molecule has 0 aliphatic rings. The highest BCUT2D eigenvalue weighted by atomic mass is 15.1. The lowest BCUT2D eigenvalue weighted by Crippen LogP contribution is -2.38. The molecule has 0 rings (SSSR count). The van der Waals surface area contributed by atoms with E-state index in [1.165, 1.54) is 5.57 Å². The minimum atomic E-state index is 0.282. The van der Waals surface area contributed by atoms with Gasteiger partial charge in [0.2, 0.25) is 0 Å². The number of rotatable bonds is 2. The Morgan fingerprint density at radius 3 is 2.09 bits per heavy atom. The number of hydrogen-bond donors (Lipinski definition) is 0. The summed E-state index contributed by atoms with van der Waals surface area (Å²) >= 11 is 0. The van der Waals surface area contributed by atoms with Crippen LogP contribution >= 0.6 is 0 Å². The normalized spacial score (nSPS) is 14.3. The fraction of sp³-hybridized carbons (Fsp3) is 0.800. The van der Waals surface area contributed by atoms with Gasteiger partial charge < -0.3 is 0 Å². The quantitative estimate of drug-likeness (QED) is 0.554. The molecule has 0 bridgehead atoms. The van der Waals surface area contributed by atoms with Crippen LogP contribution in [0.3, 0.4) is 0 Å². The molecule has 0 aliphatic carbocycles. The van der Waals surface area contributed by atoms with E-state index >= 15 is 0 Å². The summed E-state index contributed by atoms with van der Waals surface area (Å²) in [6.45, 7) is 12.0. The summed E-state index contributed by atoms with van der Waals surface area (Å²) in [5.41, 5.74) is 1.71. The molecule has 0 aromatic heterocycles. The van der Waals surface area contributed by atoms with E-state index in [2.05, 4.69) is 52.6 Å². The molecule has 0 spiro atoms. The third-order valence-corrected chi connectivity index (χ3v) is 2.12. The minimum Gasteiger partial charge on any atom is -0.298 e. The monoisotopic (exact) mass is 155 g/mol. The molecule has 0 heterocycles. The lowest BCUT2D eigenvalue weighted by molar-refractivity contribution is 0.191. The van der Waals surface area contributed by atoms with Crippen LogP contribution in [0.2, 0.25) is 0 Å². The molecular formula is C10H21N. The van der Waals surface area contributed by atoms with Crippen LogP contribution in [0.5, 0.6) is 0 Å². The Morgan fingerprint density at radius 1 is 1.36 bits per heavy atom. The van der Waals surface area contributed by atoms with Crippen molar-refractivity contribution in [2.24, 2.45) is 0 Å². The maximum absolute atomic E-state index is 2.35. The first-order chi connectivity index (χ1) is 4.88. The molecular weight excluding hydrogens is 134 g/mol. The number of allylic oxidation sites excluding steroid dienone is 1. The van der Waals surface area contributed by atoms with Crippen LogP contribution < -0.4 is 0 Å². The largest absolute Gasteiger partial charge is 0.298 e. The molecule has 0 unspecified atom stereocenters. The molecule has 0 atom stereocenters. The first-order valence-electron chi connectivity index (χ1n) is 4.21. The Morgan fingerprint density at radius 2 is 1.82 bits per heavy atom. The summed E-state index contributed by atoms with van der Waals surface area (Å²) in [5.74, 6) is 0. The van der Waals surface area contributed by atoms with Crippen molar-refractivity contribution in [2.45, 2.75) is 40.2 Å². The van der Waals surface area contributed by atoms with E-state index in [9.17, 15) is 0 Å². The van der Waals surface area contributed by atoms with Gasteiger partial charge in [-0.15, -0.1) is 0 Å². The maximum atomic E-state index is 2.35. The number of nitrogens with zero attached hydrogens (tertiary/aromatic N) is 1. The van der Waals surface area contributed by atoms with Crippen molar-refractivity contribution in [1.82, 2.24) is 4.90 Å². The molecule has 0 saturated carbocycles. The Hall–Kier alpha value is -0.300. The molecule has 66 valence electrons. The summed E-state index contributed by atoms with van der Waals surface area (Å²) in [7, 11) is 2.16. The SMILES string of the molecule is C/C=C(\C)CN(C)C(C)(C)C. The molecule has 0 amide bonds. The second-order valence-corrected chi connectivity index (χ2v) is 4.16. The van der Waals surface area contributed by atoms with Crippen molar-refractivity contribution in [1.29, 1.82) is 0 Å². The van der Waals surface area contributed by atoms with Crippen molar-refractivity contribution < 1.29 is 0 Å². The van der Waals surface area contributed by atoms with Crippen LogP contribution in [-0.4, -0.2) is 24.0 Å². The van der Waals surface area contributed by atoms with Gasteiger partial charge in [0.15, 0.2) is 0 Å². The fourth-order valence-corrected chi connectivity index (χ4v) is 0.703. The first kappa shape index (κ1) is 10.7. The molecule has 0 fully saturated rings. The first-order valence-corrected chi connectivity index (χ1v) is 4.21. The van der Waals surface area contributed by atoms with E-state index in [1.807, 2.05) is 0 Å². The van der Waals surface area contributed by atoms with Crippen LogP contribution in [0.25, 0.3) is 0 Å². The van der Waals surface area contributed by atoms with Gasteiger partial charge in [0.05, 0.1) is 0 Å². The van der Waals surface area contributed by atoms with E-state index in [-0.39, 0.29) is 5.54 Å². The zero-order chi connectivity index (χ0) is 9.07. The van der Waals surface area contributed by atoms with E-state index < -0.39 is 0 Å². The molecule has 0 radical (unpaired) electrons. The average Bonchev–Trinajstić information content (AvgIpc) is 1.85. The van der Waals surface area contributed by atoms with Gasteiger partial charge in [-0.2, -0.15) is 0 Å². The van der Waals surface area contributed by atoms with Crippen molar-refractivity contribution in [2.75, 3.05) is 13.6 Å². The topological polar surface area (TPSA) is 3.24 Å². The van der Waals surface area contributed by atoms with Gasteiger partial charge in [0.1, 0.15) is 0 Å². The predicted molar refractivity (Wildman–Crippen MR) is 51.8 cm³/mol. The van der Waals surface area contributed by atoms with Gasteiger partial charge >= 0.3 is 0 Å². The van der Waals surface area contributed by atoms with Crippen molar-refractivity contribution >= 4 is 0 Å². The molecule has 1 nitrogen and oxygen atoms in total. The predicted octanol–water partition coefficient (Wildman–Crippen LogP) is 2.68. The van der Waals surface area contributed by atoms with Gasteiger partial charge in [0, 0.05) is 12.1 Å². The molecule has 0 aromatic carbocycles. The summed E-state index contributed by atoms with van der Waals surface area (Å²) in [6, 6.07) is 0. The molecule has 0 N–H and O–H groups in total. The van der Waals surface area contributed by atoms with Gasteiger partial charge in [-0.25, -0.2) is 0 Å². The second kappa shape index (κ2) is 3.91. The van der Waals surface area contributed by atoms with Gasteiger partial charge in [-0.3, -0.25) is 4.90 Å². The smallest absolute Gasteiger partial charge is 0.0192 e. The summed E-state index contributed by atoms with van der Waals surface area (Å²) in [5, 5.41) is 0. The van der Waals surface area contributed by atoms with E-state index in [4.69, 9.17) is 0 Å². The Bertz CT molecular complexity index is 139. The summed E-state index contributed by atoms with van der Waals surface area (Å²) in [4.78, 5) is 2.35. The minimum absolute atomic E-state index is 0.282. The van der Waals surface area contributed by atoms with Crippen molar-refractivity contribution in [3.63, 3.8) is 0 Å². The highest BCUT2D eigenvalue weighted by Crippen LogP contribution is 2.11. The highest BCUT2D eigenvalue weighted by molar-refractivity contribution is 4.99. The lowest BCUT2D eigenvalue weighted by atomic mass is 10.1. The van der Waals surface area contributed by atoms with Gasteiger partial charge in [-0.1, -0.05) is 11.6 Å². The Balaban J connectivity index is 3.98. The number of likely N-dealkylation sites (N-methyl/N-ethyl adjacent to an activating group) is 1. The van der Waals surface area contributed by atoms with Crippen LogP contribution in [0, 0.1) is 0 Å². The fourth-order valence-electron chi connectivity index (χ4n) is 0.703. The molecule has 0 aromatic rings.